The van der Waals surface area contributed by atoms with Crippen LogP contribution in [-0.2, 0) is 6.42 Å². The van der Waals surface area contributed by atoms with E-state index >= 15 is 0 Å². The van der Waals surface area contributed by atoms with Crippen molar-refractivity contribution < 1.29 is 8.78 Å². The van der Waals surface area contributed by atoms with Gasteiger partial charge in [-0.3, -0.25) is 0 Å². The molecule has 1 nitrogen and oxygen atoms in total. The van der Waals surface area contributed by atoms with E-state index in [1.165, 1.54) is 6.07 Å². The highest BCUT2D eigenvalue weighted by molar-refractivity contribution is 5.18. The Morgan fingerprint density at radius 2 is 1.79 bits per heavy atom. The Bertz CT molecular complexity index is 410. The zero-order valence-electron chi connectivity index (χ0n) is 12.3. The molecule has 2 N–H and O–H groups in total. The Labute approximate surface area is 115 Å². The monoisotopic (exact) mass is 269 g/mol. The average Bonchev–Trinajstić information content (AvgIpc) is 2.20. The molecule has 0 radical (unpaired) electrons. The molecular formula is C16H25F2N. The first-order chi connectivity index (χ1) is 8.67. The van der Waals surface area contributed by atoms with Crippen molar-refractivity contribution in [1.82, 2.24) is 0 Å². The van der Waals surface area contributed by atoms with E-state index in [2.05, 4.69) is 27.7 Å². The predicted molar refractivity (Wildman–Crippen MR) is 75.9 cm³/mol. The van der Waals surface area contributed by atoms with E-state index in [0.29, 0.717) is 17.8 Å². The molecule has 0 fully saturated rings. The first kappa shape index (κ1) is 16.1. The molecule has 0 heterocycles. The summed E-state index contributed by atoms with van der Waals surface area (Å²) in [5.74, 6) is -1.08. The number of hydrogen-bond donors (Lipinski definition) is 1. The van der Waals surface area contributed by atoms with Gasteiger partial charge >= 0.3 is 0 Å². The molecule has 0 aliphatic rings. The summed E-state index contributed by atoms with van der Waals surface area (Å²) in [5.41, 5.74) is 7.15. The molecule has 2 atom stereocenters. The molecular weight excluding hydrogens is 244 g/mol. The molecule has 0 saturated carbocycles. The summed E-state index contributed by atoms with van der Waals surface area (Å²) in [7, 11) is 0. The van der Waals surface area contributed by atoms with Gasteiger partial charge in [-0.05, 0) is 48.3 Å². The molecule has 1 aromatic rings. The van der Waals surface area contributed by atoms with Crippen molar-refractivity contribution >= 4 is 0 Å². The standard InChI is InChI=1S/C16H25F2N/c1-11(10-16(2,3)4)7-13(19)8-12-5-6-14(17)15(18)9-12/h5-6,9,11,13H,7-8,10,19H2,1-4H3. The molecule has 0 spiro atoms. The highest BCUT2D eigenvalue weighted by atomic mass is 19.2. The van der Waals surface area contributed by atoms with E-state index in [1.54, 1.807) is 6.07 Å². The van der Waals surface area contributed by atoms with Gasteiger partial charge in [-0.1, -0.05) is 33.8 Å². The van der Waals surface area contributed by atoms with Crippen LogP contribution < -0.4 is 5.73 Å². The molecule has 1 aromatic carbocycles. The largest absolute Gasteiger partial charge is 0.327 e. The molecule has 0 aliphatic carbocycles. The van der Waals surface area contributed by atoms with Crippen LogP contribution >= 0.6 is 0 Å². The van der Waals surface area contributed by atoms with Gasteiger partial charge in [0.05, 0.1) is 0 Å². The number of hydrogen-bond acceptors (Lipinski definition) is 1. The normalized spacial score (nSPS) is 15.3. The molecule has 2 unspecified atom stereocenters. The van der Waals surface area contributed by atoms with Gasteiger partial charge in [0.25, 0.3) is 0 Å². The van der Waals surface area contributed by atoms with Gasteiger partial charge in [0, 0.05) is 6.04 Å². The summed E-state index contributed by atoms with van der Waals surface area (Å²) < 4.78 is 25.9. The minimum Gasteiger partial charge on any atom is -0.327 e. The Balaban J connectivity index is 2.50. The molecule has 0 saturated heterocycles. The SMILES string of the molecule is CC(CC(N)Cc1ccc(F)c(F)c1)CC(C)(C)C. The molecule has 19 heavy (non-hydrogen) atoms. The van der Waals surface area contributed by atoms with Gasteiger partial charge in [-0.2, -0.15) is 0 Å². The van der Waals surface area contributed by atoms with Crippen LogP contribution in [-0.4, -0.2) is 6.04 Å². The number of nitrogens with two attached hydrogens (primary N) is 1. The lowest BCUT2D eigenvalue weighted by molar-refractivity contribution is 0.285. The fourth-order valence-corrected chi connectivity index (χ4v) is 2.70. The van der Waals surface area contributed by atoms with Crippen LogP contribution in [0, 0.1) is 23.0 Å². The van der Waals surface area contributed by atoms with Crippen LogP contribution in [0.25, 0.3) is 0 Å². The second kappa shape index (κ2) is 6.47. The molecule has 3 heteroatoms. The van der Waals surface area contributed by atoms with E-state index in [1.807, 2.05) is 0 Å². The molecule has 0 aliphatic heterocycles. The topological polar surface area (TPSA) is 26.0 Å². The Hall–Kier alpha value is -0.960. The van der Waals surface area contributed by atoms with Gasteiger partial charge in [-0.25, -0.2) is 8.78 Å². The van der Waals surface area contributed by atoms with Crippen LogP contribution in [0.15, 0.2) is 18.2 Å². The van der Waals surface area contributed by atoms with Crippen molar-refractivity contribution in [2.45, 2.75) is 53.0 Å². The van der Waals surface area contributed by atoms with Crippen molar-refractivity contribution in [3.8, 4) is 0 Å². The van der Waals surface area contributed by atoms with E-state index in [9.17, 15) is 8.78 Å². The molecule has 0 amide bonds. The lowest BCUT2D eigenvalue weighted by atomic mass is 9.82. The molecule has 0 aromatic heterocycles. The molecule has 108 valence electrons. The minimum atomic E-state index is -0.807. The maximum atomic E-state index is 13.1. The van der Waals surface area contributed by atoms with Crippen LogP contribution in [0.2, 0.25) is 0 Å². The van der Waals surface area contributed by atoms with Crippen molar-refractivity contribution in [3.05, 3.63) is 35.4 Å². The number of benzene rings is 1. The van der Waals surface area contributed by atoms with Gasteiger partial charge in [0.1, 0.15) is 0 Å². The summed E-state index contributed by atoms with van der Waals surface area (Å²) in [4.78, 5) is 0. The van der Waals surface area contributed by atoms with Crippen LogP contribution in [0.4, 0.5) is 8.78 Å². The minimum absolute atomic E-state index is 0.0118. The average molecular weight is 269 g/mol. The van der Waals surface area contributed by atoms with Gasteiger partial charge in [-0.15, -0.1) is 0 Å². The first-order valence-corrected chi connectivity index (χ1v) is 6.87. The summed E-state index contributed by atoms with van der Waals surface area (Å²) in [6.45, 7) is 8.83. The van der Waals surface area contributed by atoms with Crippen molar-refractivity contribution in [2.24, 2.45) is 17.1 Å². The van der Waals surface area contributed by atoms with Crippen molar-refractivity contribution in [2.75, 3.05) is 0 Å². The van der Waals surface area contributed by atoms with Crippen LogP contribution in [0.3, 0.4) is 0 Å². The van der Waals surface area contributed by atoms with E-state index < -0.39 is 11.6 Å². The second-order valence-electron chi connectivity index (χ2n) is 6.82. The summed E-state index contributed by atoms with van der Waals surface area (Å²) >= 11 is 0. The Kier molecular flexibility index (Phi) is 5.48. The fraction of sp³-hybridized carbons (Fsp3) is 0.625. The maximum absolute atomic E-state index is 13.1. The fourth-order valence-electron chi connectivity index (χ4n) is 2.70. The van der Waals surface area contributed by atoms with Crippen molar-refractivity contribution in [1.29, 1.82) is 0 Å². The Morgan fingerprint density at radius 1 is 1.16 bits per heavy atom. The highest BCUT2D eigenvalue weighted by Crippen LogP contribution is 2.27. The third kappa shape index (κ3) is 6.15. The highest BCUT2D eigenvalue weighted by Gasteiger charge is 2.18. The second-order valence-corrected chi connectivity index (χ2v) is 6.82. The molecule has 0 bridgehead atoms. The number of halogens is 2. The summed E-state index contributed by atoms with van der Waals surface area (Å²) in [5, 5.41) is 0. The summed E-state index contributed by atoms with van der Waals surface area (Å²) in [6.07, 6.45) is 2.60. The summed E-state index contributed by atoms with van der Waals surface area (Å²) in [6, 6.07) is 3.99. The van der Waals surface area contributed by atoms with E-state index in [0.717, 1.165) is 24.5 Å². The predicted octanol–water partition coefficient (Wildman–Crippen LogP) is 4.30. The third-order valence-electron chi connectivity index (χ3n) is 3.15. The number of rotatable bonds is 5. The zero-order valence-corrected chi connectivity index (χ0v) is 12.3. The third-order valence-corrected chi connectivity index (χ3v) is 3.15. The van der Waals surface area contributed by atoms with Crippen LogP contribution in [0.5, 0.6) is 0 Å². The van der Waals surface area contributed by atoms with E-state index in [-0.39, 0.29) is 6.04 Å². The maximum Gasteiger partial charge on any atom is 0.159 e. The quantitative estimate of drug-likeness (QED) is 0.847. The lowest BCUT2D eigenvalue weighted by Gasteiger charge is -2.25. The zero-order chi connectivity index (χ0) is 14.6. The lowest BCUT2D eigenvalue weighted by Crippen LogP contribution is -2.27. The molecule has 1 rings (SSSR count). The van der Waals surface area contributed by atoms with Gasteiger partial charge in [0.2, 0.25) is 0 Å². The van der Waals surface area contributed by atoms with Crippen molar-refractivity contribution in [3.63, 3.8) is 0 Å². The Morgan fingerprint density at radius 3 is 2.32 bits per heavy atom. The van der Waals surface area contributed by atoms with E-state index in [4.69, 9.17) is 5.73 Å². The van der Waals surface area contributed by atoms with Gasteiger partial charge < -0.3 is 5.73 Å². The first-order valence-electron chi connectivity index (χ1n) is 6.87. The smallest absolute Gasteiger partial charge is 0.159 e. The van der Waals surface area contributed by atoms with Gasteiger partial charge in [0.15, 0.2) is 11.6 Å². The van der Waals surface area contributed by atoms with Crippen LogP contribution in [0.1, 0.15) is 46.1 Å².